The average Bonchev–Trinajstić information content (AvgIpc) is 2.52. The molecule has 2 aromatic carbocycles. The summed E-state index contributed by atoms with van der Waals surface area (Å²) in [6, 6.07) is 13.5. The number of sulfonamides is 1. The molecule has 0 aromatic heterocycles. The summed E-state index contributed by atoms with van der Waals surface area (Å²) in [5.74, 6) is 0.591. The first kappa shape index (κ1) is 17.3. The Morgan fingerprint density at radius 1 is 1.04 bits per heavy atom. The summed E-state index contributed by atoms with van der Waals surface area (Å²) in [5.41, 5.74) is 1.47. The van der Waals surface area contributed by atoms with Crippen LogP contribution >= 0.6 is 0 Å². The van der Waals surface area contributed by atoms with Crippen LogP contribution < -0.4 is 9.46 Å². The smallest absolute Gasteiger partial charge is 0.261 e. The van der Waals surface area contributed by atoms with Gasteiger partial charge in [-0.15, -0.1) is 0 Å². The number of rotatable bonds is 8. The number of anilines is 1. The summed E-state index contributed by atoms with van der Waals surface area (Å²) in [5, 5.41) is 0. The van der Waals surface area contributed by atoms with Gasteiger partial charge in [0.05, 0.1) is 17.2 Å². The number of ether oxygens (including phenoxy) is 2. The molecular formula is C17H21NO4S. The van der Waals surface area contributed by atoms with Crippen molar-refractivity contribution >= 4 is 15.7 Å². The summed E-state index contributed by atoms with van der Waals surface area (Å²) in [6.45, 7) is 5.38. The molecule has 0 heterocycles. The van der Waals surface area contributed by atoms with Crippen molar-refractivity contribution in [2.24, 2.45) is 0 Å². The molecule has 0 bridgehead atoms. The van der Waals surface area contributed by atoms with E-state index < -0.39 is 10.0 Å². The maximum atomic E-state index is 12.4. The molecule has 0 radical (unpaired) electrons. The average molecular weight is 335 g/mol. The summed E-state index contributed by atoms with van der Waals surface area (Å²) in [6.07, 6.45) is 0. The quantitative estimate of drug-likeness (QED) is 0.752. The van der Waals surface area contributed by atoms with Crippen molar-refractivity contribution in [3.8, 4) is 5.75 Å². The van der Waals surface area contributed by atoms with Crippen LogP contribution in [0, 0.1) is 6.92 Å². The molecule has 0 atom stereocenters. The fraction of sp³-hybridized carbons (Fsp3) is 0.294. The van der Waals surface area contributed by atoms with Gasteiger partial charge in [-0.25, -0.2) is 8.42 Å². The van der Waals surface area contributed by atoms with Crippen LogP contribution in [0.2, 0.25) is 0 Å². The van der Waals surface area contributed by atoms with Gasteiger partial charge in [0.1, 0.15) is 12.4 Å². The molecule has 2 rings (SSSR count). The molecule has 124 valence electrons. The largest absolute Gasteiger partial charge is 0.491 e. The predicted octanol–water partition coefficient (Wildman–Crippen LogP) is 3.21. The highest BCUT2D eigenvalue weighted by Crippen LogP contribution is 2.21. The predicted molar refractivity (Wildman–Crippen MR) is 90.4 cm³/mol. The van der Waals surface area contributed by atoms with Crippen LogP contribution in [0.4, 0.5) is 5.69 Å². The van der Waals surface area contributed by atoms with Gasteiger partial charge in [0, 0.05) is 12.7 Å². The van der Waals surface area contributed by atoms with Crippen molar-refractivity contribution in [2.45, 2.75) is 18.7 Å². The summed E-state index contributed by atoms with van der Waals surface area (Å²) in [4.78, 5) is 0.228. The molecule has 23 heavy (non-hydrogen) atoms. The lowest BCUT2D eigenvalue weighted by atomic mass is 10.2. The fourth-order valence-electron chi connectivity index (χ4n) is 1.94. The van der Waals surface area contributed by atoms with Crippen LogP contribution in [0.1, 0.15) is 12.5 Å². The van der Waals surface area contributed by atoms with Crippen molar-refractivity contribution < 1.29 is 17.9 Å². The van der Waals surface area contributed by atoms with E-state index >= 15 is 0 Å². The van der Waals surface area contributed by atoms with E-state index in [0.29, 0.717) is 31.3 Å². The van der Waals surface area contributed by atoms with Crippen LogP contribution in [0.3, 0.4) is 0 Å². The van der Waals surface area contributed by atoms with Gasteiger partial charge in [-0.2, -0.15) is 0 Å². The van der Waals surface area contributed by atoms with Gasteiger partial charge >= 0.3 is 0 Å². The zero-order chi connectivity index (χ0) is 16.7. The summed E-state index contributed by atoms with van der Waals surface area (Å²) in [7, 11) is -3.61. The molecule has 0 aliphatic heterocycles. The van der Waals surface area contributed by atoms with E-state index in [1.807, 2.05) is 13.8 Å². The standard InChI is InChI=1S/C17H21NO4S/c1-3-21-11-12-22-16-6-4-5-15(13-16)18-23(19,20)17-9-7-14(2)8-10-17/h4-10,13,18H,3,11-12H2,1-2H3. The Kier molecular flexibility index (Phi) is 6.01. The fourth-order valence-corrected chi connectivity index (χ4v) is 2.99. The van der Waals surface area contributed by atoms with Crippen molar-refractivity contribution in [3.05, 3.63) is 54.1 Å². The third-order valence-electron chi connectivity index (χ3n) is 3.12. The number of hydrogen-bond acceptors (Lipinski definition) is 4. The lowest BCUT2D eigenvalue weighted by Crippen LogP contribution is -2.13. The molecule has 0 aliphatic carbocycles. The number of aryl methyl sites for hydroxylation is 1. The Morgan fingerprint density at radius 3 is 2.48 bits per heavy atom. The normalized spacial score (nSPS) is 11.2. The first-order chi connectivity index (χ1) is 11.0. The minimum atomic E-state index is -3.61. The Labute approximate surface area is 137 Å². The minimum Gasteiger partial charge on any atom is -0.491 e. The van der Waals surface area contributed by atoms with E-state index in [-0.39, 0.29) is 4.90 Å². The van der Waals surface area contributed by atoms with Gasteiger partial charge in [-0.05, 0) is 38.1 Å². The van der Waals surface area contributed by atoms with Gasteiger partial charge in [0.25, 0.3) is 10.0 Å². The highest BCUT2D eigenvalue weighted by molar-refractivity contribution is 7.92. The maximum Gasteiger partial charge on any atom is 0.261 e. The van der Waals surface area contributed by atoms with Crippen LogP contribution in [0.15, 0.2) is 53.4 Å². The SMILES string of the molecule is CCOCCOc1cccc(NS(=O)(=O)c2ccc(C)cc2)c1. The Bertz CT molecular complexity index is 727. The van der Waals surface area contributed by atoms with E-state index in [4.69, 9.17) is 9.47 Å². The van der Waals surface area contributed by atoms with E-state index in [1.54, 1.807) is 48.5 Å². The number of benzene rings is 2. The van der Waals surface area contributed by atoms with E-state index in [1.165, 1.54) is 0 Å². The molecule has 0 amide bonds. The first-order valence-electron chi connectivity index (χ1n) is 7.41. The van der Waals surface area contributed by atoms with Gasteiger partial charge in [-0.1, -0.05) is 23.8 Å². The second-order valence-corrected chi connectivity index (χ2v) is 6.67. The molecule has 2 aromatic rings. The third-order valence-corrected chi connectivity index (χ3v) is 4.52. The van der Waals surface area contributed by atoms with Gasteiger partial charge in [0.2, 0.25) is 0 Å². The Hall–Kier alpha value is -2.05. The maximum absolute atomic E-state index is 12.4. The molecule has 1 N–H and O–H groups in total. The molecule has 6 heteroatoms. The molecule has 0 unspecified atom stereocenters. The van der Waals surface area contributed by atoms with Crippen LogP contribution in [0.5, 0.6) is 5.75 Å². The van der Waals surface area contributed by atoms with Crippen molar-refractivity contribution in [1.29, 1.82) is 0 Å². The zero-order valence-corrected chi connectivity index (χ0v) is 14.1. The molecule has 0 spiro atoms. The van der Waals surface area contributed by atoms with E-state index in [0.717, 1.165) is 5.56 Å². The monoisotopic (exact) mass is 335 g/mol. The highest BCUT2D eigenvalue weighted by atomic mass is 32.2. The topological polar surface area (TPSA) is 64.6 Å². The molecule has 5 nitrogen and oxygen atoms in total. The van der Waals surface area contributed by atoms with Gasteiger partial charge in [0.15, 0.2) is 0 Å². The Morgan fingerprint density at radius 2 is 1.78 bits per heavy atom. The van der Waals surface area contributed by atoms with E-state index in [9.17, 15) is 8.42 Å². The molecule has 0 saturated heterocycles. The van der Waals surface area contributed by atoms with Crippen molar-refractivity contribution in [3.63, 3.8) is 0 Å². The van der Waals surface area contributed by atoms with E-state index in [2.05, 4.69) is 4.72 Å². The summed E-state index contributed by atoms with van der Waals surface area (Å²) < 4.78 is 38.0. The zero-order valence-electron chi connectivity index (χ0n) is 13.3. The third kappa shape index (κ3) is 5.26. The second-order valence-electron chi connectivity index (χ2n) is 4.99. The second kappa shape index (κ2) is 7.99. The van der Waals surface area contributed by atoms with Crippen molar-refractivity contribution in [2.75, 3.05) is 24.5 Å². The molecule has 0 saturated carbocycles. The number of nitrogens with one attached hydrogen (secondary N) is 1. The number of hydrogen-bond donors (Lipinski definition) is 1. The lowest BCUT2D eigenvalue weighted by Gasteiger charge is -2.11. The van der Waals surface area contributed by atoms with Gasteiger partial charge in [-0.3, -0.25) is 4.72 Å². The first-order valence-corrected chi connectivity index (χ1v) is 8.89. The highest BCUT2D eigenvalue weighted by Gasteiger charge is 2.14. The van der Waals surface area contributed by atoms with Crippen LogP contribution in [-0.4, -0.2) is 28.2 Å². The van der Waals surface area contributed by atoms with Crippen LogP contribution in [-0.2, 0) is 14.8 Å². The lowest BCUT2D eigenvalue weighted by molar-refractivity contribution is 0.110. The van der Waals surface area contributed by atoms with Crippen LogP contribution in [0.25, 0.3) is 0 Å². The van der Waals surface area contributed by atoms with Gasteiger partial charge < -0.3 is 9.47 Å². The minimum absolute atomic E-state index is 0.228. The Balaban J connectivity index is 2.05. The molecular weight excluding hydrogens is 314 g/mol. The van der Waals surface area contributed by atoms with Crippen molar-refractivity contribution in [1.82, 2.24) is 0 Å². The molecule has 0 aliphatic rings. The molecule has 0 fully saturated rings. The summed E-state index contributed by atoms with van der Waals surface area (Å²) >= 11 is 0.